The molecule has 0 amide bonds. The molecular weight excluding hydrogens is 283 g/mol. The summed E-state index contributed by atoms with van der Waals surface area (Å²) in [6.07, 6.45) is -0.801. The number of fused-ring (bicyclic) bond motifs is 1. The van der Waals surface area contributed by atoms with Crippen LogP contribution < -0.4 is 4.74 Å². The van der Waals surface area contributed by atoms with Gasteiger partial charge in [0.2, 0.25) is 0 Å². The SMILES string of the molecule is COc1ccc(C(O)c2cc3sccc3s2)cc1F. The number of hydrogen-bond acceptors (Lipinski definition) is 4. The maximum absolute atomic E-state index is 13.6. The van der Waals surface area contributed by atoms with Gasteiger partial charge >= 0.3 is 0 Å². The molecule has 1 unspecified atom stereocenters. The Labute approximate surface area is 117 Å². The Hall–Kier alpha value is -1.43. The van der Waals surface area contributed by atoms with Crippen molar-refractivity contribution in [1.82, 2.24) is 0 Å². The molecule has 0 radical (unpaired) electrons. The fourth-order valence-electron chi connectivity index (χ4n) is 1.94. The summed E-state index contributed by atoms with van der Waals surface area (Å²) in [7, 11) is 1.42. The molecule has 2 nitrogen and oxygen atoms in total. The van der Waals surface area contributed by atoms with Gasteiger partial charge in [-0.1, -0.05) is 6.07 Å². The Morgan fingerprint density at radius 1 is 1.21 bits per heavy atom. The largest absolute Gasteiger partial charge is 0.494 e. The molecule has 1 aromatic carbocycles. The molecule has 0 bridgehead atoms. The van der Waals surface area contributed by atoms with E-state index in [0.717, 1.165) is 14.3 Å². The molecule has 2 aromatic heterocycles. The zero-order valence-electron chi connectivity index (χ0n) is 10.1. The molecule has 3 aromatic rings. The van der Waals surface area contributed by atoms with Crippen LogP contribution in [0.1, 0.15) is 16.5 Å². The van der Waals surface area contributed by atoms with Gasteiger partial charge in [-0.25, -0.2) is 4.39 Å². The van der Waals surface area contributed by atoms with Crippen molar-refractivity contribution in [2.45, 2.75) is 6.10 Å². The first kappa shape index (κ1) is 12.6. The molecule has 19 heavy (non-hydrogen) atoms. The maximum atomic E-state index is 13.6. The van der Waals surface area contributed by atoms with Crippen LogP contribution in [-0.2, 0) is 0 Å². The zero-order valence-corrected chi connectivity index (χ0v) is 11.7. The van der Waals surface area contributed by atoms with Gasteiger partial charge in [-0.3, -0.25) is 0 Å². The van der Waals surface area contributed by atoms with Crippen LogP contribution in [0.25, 0.3) is 9.40 Å². The molecule has 5 heteroatoms. The summed E-state index contributed by atoms with van der Waals surface area (Å²) in [5.74, 6) is -0.277. The van der Waals surface area contributed by atoms with Gasteiger partial charge in [0.1, 0.15) is 6.10 Å². The lowest BCUT2D eigenvalue weighted by Gasteiger charge is -2.10. The molecule has 0 aliphatic carbocycles. The standard InChI is InChI=1S/C14H11FO2S2/c1-17-10-3-2-8(6-9(10)15)14(16)13-7-12-11(19-13)4-5-18-12/h2-7,14,16H,1H3. The number of rotatable bonds is 3. The first-order valence-electron chi connectivity index (χ1n) is 5.67. The van der Waals surface area contributed by atoms with Crippen molar-refractivity contribution in [3.8, 4) is 5.75 Å². The van der Waals surface area contributed by atoms with Crippen molar-refractivity contribution in [1.29, 1.82) is 0 Å². The summed E-state index contributed by atoms with van der Waals surface area (Å²) < 4.78 is 20.8. The van der Waals surface area contributed by atoms with Crippen LogP contribution >= 0.6 is 22.7 Å². The van der Waals surface area contributed by atoms with E-state index >= 15 is 0 Å². The first-order valence-corrected chi connectivity index (χ1v) is 7.37. The Morgan fingerprint density at radius 2 is 2.05 bits per heavy atom. The van der Waals surface area contributed by atoms with E-state index in [4.69, 9.17) is 4.74 Å². The second-order valence-corrected chi connectivity index (χ2v) is 6.16. The van der Waals surface area contributed by atoms with Crippen LogP contribution in [0.4, 0.5) is 4.39 Å². The van der Waals surface area contributed by atoms with Crippen molar-refractivity contribution >= 4 is 32.1 Å². The summed E-state index contributed by atoms with van der Waals surface area (Å²) in [4.78, 5) is 0.825. The molecule has 0 aliphatic rings. The highest BCUT2D eigenvalue weighted by Gasteiger charge is 2.16. The van der Waals surface area contributed by atoms with Crippen molar-refractivity contribution in [3.05, 3.63) is 52.0 Å². The van der Waals surface area contributed by atoms with E-state index in [-0.39, 0.29) is 5.75 Å². The second kappa shape index (κ2) is 4.92. The first-order chi connectivity index (χ1) is 9.19. The van der Waals surface area contributed by atoms with E-state index in [0.29, 0.717) is 5.56 Å². The smallest absolute Gasteiger partial charge is 0.165 e. The third-order valence-electron chi connectivity index (χ3n) is 2.92. The highest BCUT2D eigenvalue weighted by Crippen LogP contribution is 2.36. The third-order valence-corrected chi connectivity index (χ3v) is 5.07. The van der Waals surface area contributed by atoms with Crippen LogP contribution in [0.5, 0.6) is 5.75 Å². The lowest BCUT2D eigenvalue weighted by atomic mass is 10.1. The Balaban J connectivity index is 1.96. The minimum Gasteiger partial charge on any atom is -0.494 e. The monoisotopic (exact) mass is 294 g/mol. The van der Waals surface area contributed by atoms with E-state index in [2.05, 4.69) is 0 Å². The number of aliphatic hydroxyl groups is 1. The average Bonchev–Trinajstić information content (AvgIpc) is 2.98. The Bertz CT molecular complexity index is 689. The van der Waals surface area contributed by atoms with Crippen LogP contribution in [-0.4, -0.2) is 12.2 Å². The number of halogens is 1. The molecule has 0 saturated carbocycles. The van der Waals surface area contributed by atoms with Gasteiger partial charge in [0.05, 0.1) is 7.11 Å². The fraction of sp³-hybridized carbons (Fsp3) is 0.143. The Kier molecular flexibility index (Phi) is 3.26. The summed E-state index contributed by atoms with van der Waals surface area (Å²) in [6, 6.07) is 8.51. The van der Waals surface area contributed by atoms with E-state index in [1.807, 2.05) is 17.5 Å². The van der Waals surface area contributed by atoms with Crippen LogP contribution in [0.2, 0.25) is 0 Å². The summed E-state index contributed by atoms with van der Waals surface area (Å²) in [6.45, 7) is 0. The Morgan fingerprint density at radius 3 is 2.74 bits per heavy atom. The number of ether oxygens (including phenoxy) is 1. The topological polar surface area (TPSA) is 29.5 Å². The van der Waals surface area contributed by atoms with Gasteiger partial charge in [0.15, 0.2) is 11.6 Å². The molecule has 2 heterocycles. The van der Waals surface area contributed by atoms with Gasteiger partial charge < -0.3 is 9.84 Å². The van der Waals surface area contributed by atoms with Crippen molar-refractivity contribution in [2.75, 3.05) is 7.11 Å². The third kappa shape index (κ3) is 2.25. The molecule has 0 aliphatic heterocycles. The average molecular weight is 294 g/mol. The number of hydrogen-bond donors (Lipinski definition) is 1. The van der Waals surface area contributed by atoms with Gasteiger partial charge in [-0.2, -0.15) is 0 Å². The summed E-state index contributed by atoms with van der Waals surface area (Å²) in [5, 5.41) is 12.3. The molecule has 0 spiro atoms. The molecule has 1 atom stereocenters. The van der Waals surface area contributed by atoms with Crippen LogP contribution in [0.3, 0.4) is 0 Å². The fourth-order valence-corrected chi connectivity index (χ4v) is 4.07. The highest BCUT2D eigenvalue weighted by molar-refractivity contribution is 7.26. The van der Waals surface area contributed by atoms with E-state index in [9.17, 15) is 9.50 Å². The lowest BCUT2D eigenvalue weighted by Crippen LogP contribution is -1.98. The highest BCUT2D eigenvalue weighted by atomic mass is 32.1. The lowest BCUT2D eigenvalue weighted by molar-refractivity contribution is 0.223. The van der Waals surface area contributed by atoms with Gasteiger partial charge in [-0.15, -0.1) is 22.7 Å². The van der Waals surface area contributed by atoms with Gasteiger partial charge in [-0.05, 0) is 35.2 Å². The number of thiophene rings is 2. The molecule has 0 saturated heterocycles. The molecule has 1 N–H and O–H groups in total. The predicted octanol–water partition coefficient (Wildman–Crippen LogP) is 4.19. The summed E-state index contributed by atoms with van der Waals surface area (Å²) in [5.41, 5.74) is 0.534. The van der Waals surface area contributed by atoms with E-state index in [1.165, 1.54) is 30.6 Å². The van der Waals surface area contributed by atoms with Crippen LogP contribution in [0, 0.1) is 5.82 Å². The van der Waals surface area contributed by atoms with Gasteiger partial charge in [0, 0.05) is 14.3 Å². The molecule has 0 fully saturated rings. The minimum absolute atomic E-state index is 0.183. The van der Waals surface area contributed by atoms with Gasteiger partial charge in [0.25, 0.3) is 0 Å². The molecule has 3 rings (SSSR count). The maximum Gasteiger partial charge on any atom is 0.165 e. The zero-order chi connectivity index (χ0) is 13.4. The van der Waals surface area contributed by atoms with Crippen LogP contribution in [0.15, 0.2) is 35.7 Å². The van der Waals surface area contributed by atoms with Crippen molar-refractivity contribution in [3.63, 3.8) is 0 Å². The number of benzene rings is 1. The van der Waals surface area contributed by atoms with Crippen molar-refractivity contribution in [2.24, 2.45) is 0 Å². The molecular formula is C14H11FO2S2. The minimum atomic E-state index is -0.801. The summed E-state index contributed by atoms with van der Waals surface area (Å²) >= 11 is 3.16. The van der Waals surface area contributed by atoms with Crippen molar-refractivity contribution < 1.29 is 14.2 Å². The number of aliphatic hydroxyl groups excluding tert-OH is 1. The van der Waals surface area contributed by atoms with E-state index < -0.39 is 11.9 Å². The quantitative estimate of drug-likeness (QED) is 0.784. The second-order valence-electron chi connectivity index (χ2n) is 4.09. The number of methoxy groups -OCH3 is 1. The molecule has 98 valence electrons. The predicted molar refractivity (Wildman–Crippen MR) is 76.7 cm³/mol. The van der Waals surface area contributed by atoms with E-state index in [1.54, 1.807) is 17.4 Å². The normalized spacial score (nSPS) is 12.8.